The average Bonchev–Trinajstić information content (AvgIpc) is 2.32. The number of ketones is 1. The van der Waals surface area contributed by atoms with Crippen molar-refractivity contribution >= 4 is 5.78 Å². The zero-order valence-corrected chi connectivity index (χ0v) is 9.51. The Hall–Kier alpha value is -2.10. The molecule has 0 atom stereocenters. The van der Waals surface area contributed by atoms with Crippen LogP contribution in [-0.4, -0.2) is 5.78 Å². The normalized spacial score (nSPS) is 10.4. The molecule has 0 radical (unpaired) electrons. The maximum absolute atomic E-state index is 13.6. The summed E-state index contributed by atoms with van der Waals surface area (Å²) in [7, 11) is 0. The monoisotopic (exact) mass is 250 g/mol. The SMILES string of the molecule is CC(=O)c1cc(F)ccc1-c1cc(F)ccc1F. The standard InChI is InChI=1S/C14H9F3O/c1-8(18)12-6-9(15)2-4-11(12)13-7-10(16)3-5-14(13)17/h2-7H,1H3. The lowest BCUT2D eigenvalue weighted by Gasteiger charge is -2.08. The predicted octanol–water partition coefficient (Wildman–Crippen LogP) is 3.97. The molecule has 2 aromatic rings. The van der Waals surface area contributed by atoms with Gasteiger partial charge in [-0.25, -0.2) is 13.2 Å². The van der Waals surface area contributed by atoms with Crippen molar-refractivity contribution in [1.29, 1.82) is 0 Å². The van der Waals surface area contributed by atoms with Gasteiger partial charge in [-0.2, -0.15) is 0 Å². The molecule has 1 nitrogen and oxygen atoms in total. The molecule has 0 bridgehead atoms. The van der Waals surface area contributed by atoms with Crippen molar-refractivity contribution in [3.63, 3.8) is 0 Å². The Balaban J connectivity index is 2.70. The highest BCUT2D eigenvalue weighted by Gasteiger charge is 2.14. The van der Waals surface area contributed by atoms with E-state index < -0.39 is 23.2 Å². The molecule has 18 heavy (non-hydrogen) atoms. The van der Waals surface area contributed by atoms with E-state index in [9.17, 15) is 18.0 Å². The van der Waals surface area contributed by atoms with E-state index in [0.29, 0.717) is 0 Å². The molecule has 0 heterocycles. The summed E-state index contributed by atoms with van der Waals surface area (Å²) in [5, 5.41) is 0. The van der Waals surface area contributed by atoms with E-state index in [1.165, 1.54) is 13.0 Å². The molecule has 92 valence electrons. The topological polar surface area (TPSA) is 17.1 Å². The van der Waals surface area contributed by atoms with Gasteiger partial charge in [-0.05, 0) is 42.8 Å². The molecule has 2 aromatic carbocycles. The summed E-state index contributed by atoms with van der Waals surface area (Å²) >= 11 is 0. The van der Waals surface area contributed by atoms with E-state index in [-0.39, 0.29) is 16.7 Å². The molecule has 0 amide bonds. The Morgan fingerprint density at radius 3 is 2.17 bits per heavy atom. The van der Waals surface area contributed by atoms with Crippen molar-refractivity contribution in [2.75, 3.05) is 0 Å². The van der Waals surface area contributed by atoms with Crippen molar-refractivity contribution in [2.45, 2.75) is 6.92 Å². The second-order valence-electron chi connectivity index (χ2n) is 3.87. The van der Waals surface area contributed by atoms with Crippen molar-refractivity contribution in [3.05, 3.63) is 59.4 Å². The summed E-state index contributed by atoms with van der Waals surface area (Å²) in [6.45, 7) is 1.25. The van der Waals surface area contributed by atoms with Crippen LogP contribution in [0.5, 0.6) is 0 Å². The minimum absolute atomic E-state index is 0.0273. The smallest absolute Gasteiger partial charge is 0.160 e. The zero-order chi connectivity index (χ0) is 13.3. The van der Waals surface area contributed by atoms with Gasteiger partial charge in [0.1, 0.15) is 17.5 Å². The number of hydrogen-bond donors (Lipinski definition) is 0. The molecule has 0 saturated heterocycles. The minimum Gasteiger partial charge on any atom is -0.294 e. The van der Waals surface area contributed by atoms with E-state index in [0.717, 1.165) is 30.3 Å². The van der Waals surface area contributed by atoms with Crippen LogP contribution in [0.15, 0.2) is 36.4 Å². The van der Waals surface area contributed by atoms with Gasteiger partial charge in [0.15, 0.2) is 5.78 Å². The molecule has 0 aliphatic carbocycles. The Kier molecular flexibility index (Phi) is 3.19. The largest absolute Gasteiger partial charge is 0.294 e. The quantitative estimate of drug-likeness (QED) is 0.737. The molecule has 0 saturated carbocycles. The number of carbonyl (C=O) groups is 1. The molecule has 0 aromatic heterocycles. The third-order valence-corrected chi connectivity index (χ3v) is 2.58. The molecule has 0 fully saturated rings. The van der Waals surface area contributed by atoms with Crippen LogP contribution in [0, 0.1) is 17.5 Å². The van der Waals surface area contributed by atoms with Crippen LogP contribution in [0.2, 0.25) is 0 Å². The van der Waals surface area contributed by atoms with Crippen molar-refractivity contribution in [1.82, 2.24) is 0 Å². The average molecular weight is 250 g/mol. The highest BCUT2D eigenvalue weighted by Crippen LogP contribution is 2.28. The Morgan fingerprint density at radius 1 is 0.889 bits per heavy atom. The molecule has 0 unspecified atom stereocenters. The summed E-state index contributed by atoms with van der Waals surface area (Å²) in [6.07, 6.45) is 0. The van der Waals surface area contributed by atoms with Crippen LogP contribution in [0.3, 0.4) is 0 Å². The lowest BCUT2D eigenvalue weighted by Crippen LogP contribution is -1.99. The van der Waals surface area contributed by atoms with Gasteiger partial charge in [-0.1, -0.05) is 6.07 Å². The van der Waals surface area contributed by atoms with Gasteiger partial charge in [-0.3, -0.25) is 4.79 Å². The summed E-state index contributed by atoms with van der Waals surface area (Å²) in [5.74, 6) is -2.29. The van der Waals surface area contributed by atoms with Crippen molar-refractivity contribution < 1.29 is 18.0 Å². The summed E-state index contributed by atoms with van der Waals surface area (Å²) < 4.78 is 39.8. The number of carbonyl (C=O) groups excluding carboxylic acids is 1. The van der Waals surface area contributed by atoms with E-state index >= 15 is 0 Å². The number of hydrogen-bond acceptors (Lipinski definition) is 1. The van der Waals surface area contributed by atoms with Crippen LogP contribution >= 0.6 is 0 Å². The van der Waals surface area contributed by atoms with E-state index in [1.807, 2.05) is 0 Å². The van der Waals surface area contributed by atoms with Crippen LogP contribution in [0.1, 0.15) is 17.3 Å². The molecule has 0 aliphatic heterocycles. The highest BCUT2D eigenvalue weighted by atomic mass is 19.1. The fraction of sp³-hybridized carbons (Fsp3) is 0.0714. The fourth-order valence-corrected chi connectivity index (χ4v) is 1.75. The van der Waals surface area contributed by atoms with Crippen LogP contribution < -0.4 is 0 Å². The number of benzene rings is 2. The predicted molar refractivity (Wildman–Crippen MR) is 61.8 cm³/mol. The Bertz CT molecular complexity index is 620. The lowest BCUT2D eigenvalue weighted by atomic mass is 9.97. The first-order valence-electron chi connectivity index (χ1n) is 5.25. The molecule has 0 aliphatic rings. The maximum atomic E-state index is 13.6. The van der Waals surface area contributed by atoms with E-state index in [2.05, 4.69) is 0 Å². The highest BCUT2D eigenvalue weighted by molar-refractivity contribution is 6.00. The van der Waals surface area contributed by atoms with Gasteiger partial charge in [0.2, 0.25) is 0 Å². The first-order valence-corrected chi connectivity index (χ1v) is 5.25. The van der Waals surface area contributed by atoms with Crippen LogP contribution in [-0.2, 0) is 0 Å². The van der Waals surface area contributed by atoms with Crippen molar-refractivity contribution in [2.24, 2.45) is 0 Å². The number of halogens is 3. The Morgan fingerprint density at radius 2 is 1.50 bits per heavy atom. The summed E-state index contributed by atoms with van der Waals surface area (Å²) in [4.78, 5) is 11.4. The zero-order valence-electron chi connectivity index (χ0n) is 9.51. The van der Waals surface area contributed by atoms with E-state index in [4.69, 9.17) is 0 Å². The lowest BCUT2D eigenvalue weighted by molar-refractivity contribution is 0.101. The van der Waals surface area contributed by atoms with Gasteiger partial charge in [0.25, 0.3) is 0 Å². The third kappa shape index (κ3) is 2.27. The number of Topliss-reactive ketones (excluding diaryl/α,β-unsaturated/α-hetero) is 1. The van der Waals surface area contributed by atoms with Gasteiger partial charge in [0, 0.05) is 11.1 Å². The van der Waals surface area contributed by atoms with Gasteiger partial charge in [0.05, 0.1) is 0 Å². The molecular formula is C14H9F3O. The second kappa shape index (κ2) is 4.64. The van der Waals surface area contributed by atoms with Crippen LogP contribution in [0.4, 0.5) is 13.2 Å². The number of rotatable bonds is 2. The first kappa shape index (κ1) is 12.4. The van der Waals surface area contributed by atoms with Gasteiger partial charge >= 0.3 is 0 Å². The molecular weight excluding hydrogens is 241 g/mol. The van der Waals surface area contributed by atoms with E-state index in [1.54, 1.807) is 0 Å². The summed E-state index contributed by atoms with van der Waals surface area (Å²) in [6, 6.07) is 6.32. The van der Waals surface area contributed by atoms with Gasteiger partial charge in [-0.15, -0.1) is 0 Å². The first-order chi connectivity index (χ1) is 8.49. The molecule has 0 N–H and O–H groups in total. The maximum Gasteiger partial charge on any atom is 0.160 e. The van der Waals surface area contributed by atoms with Gasteiger partial charge < -0.3 is 0 Å². The molecule has 0 spiro atoms. The molecule has 4 heteroatoms. The van der Waals surface area contributed by atoms with Crippen molar-refractivity contribution in [3.8, 4) is 11.1 Å². The third-order valence-electron chi connectivity index (χ3n) is 2.58. The minimum atomic E-state index is -0.662. The Labute approximate surface area is 102 Å². The van der Waals surface area contributed by atoms with Crippen LogP contribution in [0.25, 0.3) is 11.1 Å². The summed E-state index contributed by atoms with van der Waals surface area (Å²) in [5.41, 5.74) is 0.153. The fourth-order valence-electron chi connectivity index (χ4n) is 1.75. The second-order valence-corrected chi connectivity index (χ2v) is 3.87. The molecule has 2 rings (SSSR count).